The Balaban J connectivity index is 1.61. The number of nitro benzene ring substituents is 1. The van der Waals surface area contributed by atoms with Gasteiger partial charge >= 0.3 is 0 Å². The number of benzene rings is 2. The van der Waals surface area contributed by atoms with Crippen molar-refractivity contribution in [2.24, 2.45) is 0 Å². The van der Waals surface area contributed by atoms with Crippen LogP contribution in [0.5, 0.6) is 0 Å². The van der Waals surface area contributed by atoms with Crippen molar-refractivity contribution in [3.8, 4) is 11.3 Å². The number of hydrogen-bond donors (Lipinski definition) is 0. The molecule has 0 bridgehead atoms. The highest BCUT2D eigenvalue weighted by Gasteiger charge is 2.33. The first kappa shape index (κ1) is 21.6. The molecule has 1 fully saturated rings. The van der Waals surface area contributed by atoms with Crippen LogP contribution in [0.25, 0.3) is 17.4 Å². The number of carbonyl (C=O) groups excluding carboxylic acids is 1. The number of carbonyl (C=O) groups is 1. The van der Waals surface area contributed by atoms with Gasteiger partial charge in [0.05, 0.1) is 15.5 Å². The molecule has 0 N–H and O–H groups in total. The van der Waals surface area contributed by atoms with Gasteiger partial charge in [0.2, 0.25) is 0 Å². The van der Waals surface area contributed by atoms with E-state index in [1.165, 1.54) is 28.8 Å². The first-order chi connectivity index (χ1) is 14.9. The summed E-state index contributed by atoms with van der Waals surface area (Å²) in [6.07, 6.45) is 3.58. The lowest BCUT2D eigenvalue weighted by Crippen LogP contribution is -2.27. The van der Waals surface area contributed by atoms with Crippen LogP contribution in [0.3, 0.4) is 0 Å². The normalized spacial score (nSPS) is 15.2. The quantitative estimate of drug-likeness (QED) is 0.131. The molecule has 1 saturated heterocycles. The van der Waals surface area contributed by atoms with Gasteiger partial charge in [0.15, 0.2) is 4.32 Å². The van der Waals surface area contributed by atoms with E-state index in [9.17, 15) is 14.9 Å². The molecule has 1 aromatic heterocycles. The summed E-state index contributed by atoms with van der Waals surface area (Å²) in [5.41, 5.74) is 1.02. The van der Waals surface area contributed by atoms with Gasteiger partial charge in [0.25, 0.3) is 11.6 Å². The summed E-state index contributed by atoms with van der Waals surface area (Å²) in [7, 11) is 0. The molecule has 1 amide bonds. The second-order valence-electron chi connectivity index (χ2n) is 6.34. The van der Waals surface area contributed by atoms with Crippen LogP contribution in [0.1, 0.15) is 5.76 Å². The predicted octanol–water partition coefficient (Wildman–Crippen LogP) is 6.64. The molecule has 0 spiro atoms. The van der Waals surface area contributed by atoms with Crippen molar-refractivity contribution in [3.05, 3.63) is 80.4 Å². The van der Waals surface area contributed by atoms with Crippen molar-refractivity contribution in [3.63, 3.8) is 0 Å². The molecule has 2 aromatic carbocycles. The van der Waals surface area contributed by atoms with E-state index in [4.69, 9.17) is 28.2 Å². The fourth-order valence-corrected chi connectivity index (χ4v) is 4.88. The molecule has 31 heavy (non-hydrogen) atoms. The minimum absolute atomic E-state index is 0.0507. The van der Waals surface area contributed by atoms with E-state index >= 15 is 0 Å². The smallest absolute Gasteiger partial charge is 0.288 e. The molecule has 0 aliphatic carbocycles. The maximum Gasteiger partial charge on any atom is 0.288 e. The largest absolute Gasteiger partial charge is 0.457 e. The number of halogens is 1. The summed E-state index contributed by atoms with van der Waals surface area (Å²) < 4.78 is 6.23. The van der Waals surface area contributed by atoms with Gasteiger partial charge in [-0.05, 0) is 48.7 Å². The fourth-order valence-electron chi connectivity index (χ4n) is 2.96. The molecule has 0 unspecified atom stereocenters. The molecule has 3 aromatic rings. The van der Waals surface area contributed by atoms with Gasteiger partial charge in [0, 0.05) is 22.6 Å². The lowest BCUT2D eigenvalue weighted by Gasteiger charge is -2.15. The zero-order valence-corrected chi connectivity index (χ0v) is 19.1. The van der Waals surface area contributed by atoms with Crippen molar-refractivity contribution in [1.29, 1.82) is 0 Å². The van der Waals surface area contributed by atoms with Crippen molar-refractivity contribution in [1.82, 2.24) is 0 Å². The molecule has 2 heterocycles. The predicted molar refractivity (Wildman–Crippen MR) is 130 cm³/mol. The summed E-state index contributed by atoms with van der Waals surface area (Å²) in [5.74, 6) is 0.633. The summed E-state index contributed by atoms with van der Waals surface area (Å²) in [6, 6.07) is 15.4. The van der Waals surface area contributed by atoms with Crippen LogP contribution in [0, 0.1) is 10.1 Å². The number of anilines is 1. The maximum absolute atomic E-state index is 13.0. The molecule has 4 rings (SSSR count). The molecule has 6 nitrogen and oxygen atoms in total. The summed E-state index contributed by atoms with van der Waals surface area (Å²) in [4.78, 5) is 26.5. The van der Waals surface area contributed by atoms with Crippen LogP contribution in [0.2, 0.25) is 5.02 Å². The minimum Gasteiger partial charge on any atom is -0.457 e. The lowest BCUT2D eigenvalue weighted by molar-refractivity contribution is -0.384. The average molecular weight is 489 g/mol. The van der Waals surface area contributed by atoms with E-state index in [1.807, 2.05) is 30.5 Å². The highest BCUT2D eigenvalue weighted by molar-refractivity contribution is 8.27. The Bertz CT molecular complexity index is 1250. The number of rotatable bonds is 5. The third kappa shape index (κ3) is 4.40. The van der Waals surface area contributed by atoms with E-state index in [2.05, 4.69) is 0 Å². The first-order valence-corrected chi connectivity index (χ1v) is 11.7. The average Bonchev–Trinajstić information content (AvgIpc) is 3.32. The van der Waals surface area contributed by atoms with Crippen molar-refractivity contribution in [2.75, 3.05) is 11.2 Å². The molecule has 0 radical (unpaired) electrons. The standard InChI is InChI=1S/C21H13ClN2O4S3/c1-30-15-4-2-3-13(10-15)23-20(25)19(31-21(23)29)11-14-6-8-18(28-14)12-5-7-16(22)17(9-12)24(26)27/h2-11H,1H3/b19-11+. The minimum atomic E-state index is -0.549. The molecule has 1 aliphatic heterocycles. The van der Waals surface area contributed by atoms with Crippen LogP contribution in [-0.4, -0.2) is 21.4 Å². The zero-order chi connectivity index (χ0) is 22.1. The number of amides is 1. The van der Waals surface area contributed by atoms with Gasteiger partial charge in [-0.15, -0.1) is 11.8 Å². The molecule has 0 saturated carbocycles. The van der Waals surface area contributed by atoms with Gasteiger partial charge in [-0.3, -0.25) is 19.8 Å². The summed E-state index contributed by atoms with van der Waals surface area (Å²) in [5, 5.41) is 11.2. The number of thioether (sulfide) groups is 2. The van der Waals surface area contributed by atoms with Gasteiger partial charge in [-0.2, -0.15) is 0 Å². The Morgan fingerprint density at radius 2 is 2.03 bits per heavy atom. The third-order valence-electron chi connectivity index (χ3n) is 4.43. The number of furan rings is 1. The Labute approximate surface area is 196 Å². The van der Waals surface area contributed by atoms with E-state index in [1.54, 1.807) is 36.0 Å². The molecule has 156 valence electrons. The highest BCUT2D eigenvalue weighted by atomic mass is 35.5. The highest BCUT2D eigenvalue weighted by Crippen LogP contribution is 2.38. The number of nitro groups is 1. The van der Waals surface area contributed by atoms with Gasteiger partial charge in [-0.25, -0.2) is 0 Å². The fraction of sp³-hybridized carbons (Fsp3) is 0.0476. The van der Waals surface area contributed by atoms with Crippen molar-refractivity contribution < 1.29 is 14.1 Å². The Kier molecular flexibility index (Phi) is 6.19. The maximum atomic E-state index is 13.0. The zero-order valence-electron chi connectivity index (χ0n) is 15.9. The number of thiocarbonyl (C=S) groups is 1. The van der Waals surface area contributed by atoms with Crippen LogP contribution < -0.4 is 4.90 Å². The SMILES string of the molecule is CSc1cccc(N2C(=O)/C(=C\c3ccc(-c4ccc(Cl)c([N+](=O)[O-])c4)o3)SC2=S)c1. The summed E-state index contributed by atoms with van der Waals surface area (Å²) >= 11 is 14.1. The number of hydrogen-bond acceptors (Lipinski definition) is 7. The monoisotopic (exact) mass is 488 g/mol. The molecule has 1 aliphatic rings. The van der Waals surface area contributed by atoms with Crippen molar-refractivity contribution >= 4 is 75.0 Å². The lowest BCUT2D eigenvalue weighted by atomic mass is 10.1. The molecule has 10 heteroatoms. The van der Waals surface area contributed by atoms with Crippen molar-refractivity contribution in [2.45, 2.75) is 4.90 Å². The molecular weight excluding hydrogens is 476 g/mol. The number of nitrogens with zero attached hydrogens (tertiary/aromatic N) is 2. The van der Waals surface area contributed by atoms with Gasteiger partial charge in [-0.1, -0.05) is 41.6 Å². The topological polar surface area (TPSA) is 76.6 Å². The first-order valence-electron chi connectivity index (χ1n) is 8.83. The van der Waals surface area contributed by atoms with Gasteiger partial charge < -0.3 is 4.42 Å². The second kappa shape index (κ2) is 8.88. The van der Waals surface area contributed by atoms with E-state index in [-0.39, 0.29) is 16.6 Å². The van der Waals surface area contributed by atoms with Crippen LogP contribution in [0.15, 0.2) is 68.8 Å². The van der Waals surface area contributed by atoms with Crippen LogP contribution in [0.4, 0.5) is 11.4 Å². The van der Waals surface area contributed by atoms with E-state index < -0.39 is 4.92 Å². The van der Waals surface area contributed by atoms with Gasteiger partial charge in [0.1, 0.15) is 16.5 Å². The second-order valence-corrected chi connectivity index (χ2v) is 9.31. The molecular formula is C21H13ClN2O4S3. The van der Waals surface area contributed by atoms with E-state index in [0.717, 1.165) is 4.90 Å². The Hall–Kier alpha value is -2.59. The van der Waals surface area contributed by atoms with Crippen LogP contribution in [-0.2, 0) is 4.79 Å². The Morgan fingerprint density at radius 1 is 1.23 bits per heavy atom. The van der Waals surface area contributed by atoms with E-state index in [0.29, 0.717) is 32.0 Å². The van der Waals surface area contributed by atoms with Crippen LogP contribution >= 0.6 is 47.3 Å². The molecule has 0 atom stereocenters. The Morgan fingerprint density at radius 3 is 2.77 bits per heavy atom. The third-order valence-corrected chi connectivity index (χ3v) is 6.78. The summed E-state index contributed by atoms with van der Waals surface area (Å²) in [6.45, 7) is 0.